The number of fused-ring (bicyclic) bond motifs is 1. The van der Waals surface area contributed by atoms with Crippen molar-refractivity contribution in [2.75, 3.05) is 0 Å². The van der Waals surface area contributed by atoms with E-state index in [0.29, 0.717) is 11.7 Å². The molecule has 0 aromatic heterocycles. The molecule has 0 saturated heterocycles. The Balaban J connectivity index is 2.26. The van der Waals surface area contributed by atoms with Gasteiger partial charge in [0.05, 0.1) is 6.10 Å². The molecule has 0 bridgehead atoms. The number of allylic oxidation sites excluding steroid dienone is 1. The molecule has 2 rings (SSSR count). The third kappa shape index (κ3) is 1.52. The molecule has 0 radical (unpaired) electrons. The van der Waals surface area contributed by atoms with Crippen LogP contribution in [0.2, 0.25) is 0 Å². The van der Waals surface area contributed by atoms with Crippen molar-refractivity contribution in [1.82, 2.24) is 0 Å². The zero-order valence-corrected chi connectivity index (χ0v) is 8.86. The zero-order valence-electron chi connectivity index (χ0n) is 8.86. The lowest BCUT2D eigenvalue weighted by atomic mass is 9.73. The second-order valence-corrected chi connectivity index (χ2v) is 4.82. The standard InChI is InChI=1S/C12H18O2/c1-7-5-10(8(2)13)9-3-4-12(14)11(9)6-7/h6,9-12,14H,3-5H2,1-2H3/t9-,10-,11-,12+/m1/s1. The summed E-state index contributed by atoms with van der Waals surface area (Å²) < 4.78 is 0. The lowest BCUT2D eigenvalue weighted by Gasteiger charge is -2.31. The molecule has 0 aromatic rings. The van der Waals surface area contributed by atoms with Crippen molar-refractivity contribution >= 4 is 5.78 Å². The van der Waals surface area contributed by atoms with E-state index < -0.39 is 0 Å². The van der Waals surface area contributed by atoms with E-state index >= 15 is 0 Å². The maximum absolute atomic E-state index is 11.5. The number of rotatable bonds is 1. The molecule has 2 aliphatic rings. The molecule has 0 spiro atoms. The van der Waals surface area contributed by atoms with Crippen LogP contribution in [-0.4, -0.2) is 17.0 Å². The van der Waals surface area contributed by atoms with Crippen molar-refractivity contribution in [3.63, 3.8) is 0 Å². The van der Waals surface area contributed by atoms with Gasteiger partial charge in [0, 0.05) is 11.8 Å². The third-order valence-corrected chi connectivity index (χ3v) is 3.79. The van der Waals surface area contributed by atoms with Gasteiger partial charge in [-0.25, -0.2) is 0 Å². The summed E-state index contributed by atoms with van der Waals surface area (Å²) in [5.41, 5.74) is 1.27. The molecule has 1 saturated carbocycles. The molecule has 2 heteroatoms. The van der Waals surface area contributed by atoms with Crippen LogP contribution in [-0.2, 0) is 4.79 Å². The van der Waals surface area contributed by atoms with Crippen LogP contribution < -0.4 is 0 Å². The molecule has 0 amide bonds. The predicted octanol–water partition coefficient (Wildman–Crippen LogP) is 1.93. The lowest BCUT2D eigenvalue weighted by Crippen LogP contribution is -2.31. The highest BCUT2D eigenvalue weighted by Crippen LogP contribution is 2.44. The van der Waals surface area contributed by atoms with E-state index in [1.807, 2.05) is 0 Å². The van der Waals surface area contributed by atoms with Crippen molar-refractivity contribution in [3.8, 4) is 0 Å². The Kier molecular flexibility index (Phi) is 2.48. The molecule has 14 heavy (non-hydrogen) atoms. The van der Waals surface area contributed by atoms with Crippen molar-refractivity contribution in [2.24, 2.45) is 17.8 Å². The molecule has 0 aromatic carbocycles. The van der Waals surface area contributed by atoms with Crippen LogP contribution in [0.15, 0.2) is 11.6 Å². The number of hydrogen-bond donors (Lipinski definition) is 1. The topological polar surface area (TPSA) is 37.3 Å². The Hall–Kier alpha value is -0.630. The first-order valence-corrected chi connectivity index (χ1v) is 5.45. The normalized spacial score (nSPS) is 41.8. The highest BCUT2D eigenvalue weighted by atomic mass is 16.3. The second kappa shape index (κ2) is 3.50. The van der Waals surface area contributed by atoms with Gasteiger partial charge in [-0.05, 0) is 39.0 Å². The summed E-state index contributed by atoms with van der Waals surface area (Å²) in [6, 6.07) is 0. The Morgan fingerprint density at radius 1 is 1.50 bits per heavy atom. The summed E-state index contributed by atoms with van der Waals surface area (Å²) in [5.74, 6) is 1.12. The summed E-state index contributed by atoms with van der Waals surface area (Å²) in [7, 11) is 0. The number of aliphatic hydroxyl groups excluding tert-OH is 1. The fourth-order valence-corrected chi connectivity index (χ4v) is 3.08. The molecule has 1 fully saturated rings. The smallest absolute Gasteiger partial charge is 0.133 e. The quantitative estimate of drug-likeness (QED) is 0.648. The highest BCUT2D eigenvalue weighted by molar-refractivity contribution is 5.79. The van der Waals surface area contributed by atoms with Crippen LogP contribution in [0.4, 0.5) is 0 Å². The Labute approximate surface area is 85.0 Å². The van der Waals surface area contributed by atoms with E-state index in [9.17, 15) is 9.90 Å². The van der Waals surface area contributed by atoms with Gasteiger partial charge in [0.2, 0.25) is 0 Å². The molecule has 0 aliphatic heterocycles. The zero-order chi connectivity index (χ0) is 10.3. The predicted molar refractivity (Wildman–Crippen MR) is 54.8 cm³/mol. The second-order valence-electron chi connectivity index (χ2n) is 4.82. The summed E-state index contributed by atoms with van der Waals surface area (Å²) in [6.07, 6.45) is 4.75. The SMILES string of the molecule is CC(=O)[C@H]1CC(C)=C[C@@H]2[C@@H]1CC[C@@H]2O. The molecule has 4 atom stereocenters. The van der Waals surface area contributed by atoms with E-state index in [4.69, 9.17) is 0 Å². The highest BCUT2D eigenvalue weighted by Gasteiger charge is 2.42. The maximum atomic E-state index is 11.5. The van der Waals surface area contributed by atoms with Gasteiger partial charge in [-0.3, -0.25) is 4.79 Å². The minimum Gasteiger partial charge on any atom is -0.393 e. The fourth-order valence-electron chi connectivity index (χ4n) is 3.08. The van der Waals surface area contributed by atoms with Gasteiger partial charge < -0.3 is 5.11 Å². The van der Waals surface area contributed by atoms with Crippen molar-refractivity contribution in [1.29, 1.82) is 0 Å². The average Bonchev–Trinajstić information content (AvgIpc) is 2.47. The minimum absolute atomic E-state index is 0.169. The van der Waals surface area contributed by atoms with Crippen LogP contribution in [0.25, 0.3) is 0 Å². The van der Waals surface area contributed by atoms with Crippen LogP contribution >= 0.6 is 0 Å². The summed E-state index contributed by atoms with van der Waals surface area (Å²) >= 11 is 0. The van der Waals surface area contributed by atoms with Crippen molar-refractivity contribution in [2.45, 2.75) is 39.2 Å². The van der Waals surface area contributed by atoms with E-state index in [1.54, 1.807) is 6.92 Å². The first-order valence-electron chi connectivity index (χ1n) is 5.45. The number of ketones is 1. The lowest BCUT2D eigenvalue weighted by molar-refractivity contribution is -0.123. The number of Topliss-reactive ketones (excluding diaryl/α,β-unsaturated/α-hetero) is 1. The Bertz CT molecular complexity index is 280. The number of aliphatic hydroxyl groups is 1. The first kappa shape index (κ1) is 9.91. The van der Waals surface area contributed by atoms with Gasteiger partial charge >= 0.3 is 0 Å². The fraction of sp³-hybridized carbons (Fsp3) is 0.750. The van der Waals surface area contributed by atoms with E-state index in [0.717, 1.165) is 19.3 Å². The van der Waals surface area contributed by atoms with Gasteiger partial charge in [-0.2, -0.15) is 0 Å². The average molecular weight is 194 g/mol. The monoisotopic (exact) mass is 194 g/mol. The van der Waals surface area contributed by atoms with Crippen LogP contribution in [0, 0.1) is 17.8 Å². The van der Waals surface area contributed by atoms with E-state index in [1.165, 1.54) is 5.57 Å². The molecule has 0 unspecified atom stereocenters. The maximum Gasteiger partial charge on any atom is 0.133 e. The first-order chi connectivity index (χ1) is 6.59. The van der Waals surface area contributed by atoms with Crippen LogP contribution in [0.3, 0.4) is 0 Å². The molecular weight excluding hydrogens is 176 g/mol. The van der Waals surface area contributed by atoms with Crippen molar-refractivity contribution in [3.05, 3.63) is 11.6 Å². The minimum atomic E-state index is -0.211. The molecule has 78 valence electrons. The van der Waals surface area contributed by atoms with Crippen LogP contribution in [0.1, 0.15) is 33.1 Å². The molecule has 0 heterocycles. The number of carbonyl (C=O) groups is 1. The van der Waals surface area contributed by atoms with Gasteiger partial charge in [-0.1, -0.05) is 11.6 Å². The van der Waals surface area contributed by atoms with Gasteiger partial charge in [0.15, 0.2) is 0 Å². The van der Waals surface area contributed by atoms with E-state index in [-0.39, 0.29) is 17.9 Å². The molecule has 2 aliphatic carbocycles. The largest absolute Gasteiger partial charge is 0.393 e. The summed E-state index contributed by atoms with van der Waals surface area (Å²) in [5, 5.41) is 9.79. The number of carbonyl (C=O) groups excluding carboxylic acids is 1. The summed E-state index contributed by atoms with van der Waals surface area (Å²) in [6.45, 7) is 3.75. The van der Waals surface area contributed by atoms with Crippen molar-refractivity contribution < 1.29 is 9.90 Å². The Morgan fingerprint density at radius 3 is 2.86 bits per heavy atom. The van der Waals surface area contributed by atoms with E-state index in [2.05, 4.69) is 13.0 Å². The van der Waals surface area contributed by atoms with Gasteiger partial charge in [0.1, 0.15) is 5.78 Å². The molecule has 1 N–H and O–H groups in total. The molecular formula is C12H18O2. The number of hydrogen-bond acceptors (Lipinski definition) is 2. The van der Waals surface area contributed by atoms with Gasteiger partial charge in [-0.15, -0.1) is 0 Å². The van der Waals surface area contributed by atoms with Gasteiger partial charge in [0.25, 0.3) is 0 Å². The van der Waals surface area contributed by atoms with Crippen LogP contribution in [0.5, 0.6) is 0 Å². The summed E-state index contributed by atoms with van der Waals surface area (Å²) in [4.78, 5) is 11.5. The molecule has 2 nitrogen and oxygen atoms in total. The third-order valence-electron chi connectivity index (χ3n) is 3.79. The Morgan fingerprint density at radius 2 is 2.21 bits per heavy atom.